The minimum Gasteiger partial charge on any atom is -0.339 e. The summed E-state index contributed by atoms with van der Waals surface area (Å²) in [5, 5.41) is 0. The number of halogens is 2. The maximum Gasteiger partial charge on any atom is 0.246 e. The standard InChI is InChI=1S/C17H24F2N4O3S/c1-20-4-8-22(9-5-20)17(24)13-21-6-10-23(11-7-21)27(25,26)16-3-2-14(18)12-15(16)19/h2-3,12H,4-11,13H2,1H3. The maximum atomic E-state index is 13.9. The quantitative estimate of drug-likeness (QED) is 0.712. The number of sulfonamides is 1. The summed E-state index contributed by atoms with van der Waals surface area (Å²) in [4.78, 5) is 17.8. The lowest BCUT2D eigenvalue weighted by molar-refractivity contribution is -0.134. The number of rotatable bonds is 4. The average molecular weight is 402 g/mol. The first-order valence-electron chi connectivity index (χ1n) is 8.91. The van der Waals surface area contributed by atoms with E-state index in [2.05, 4.69) is 4.90 Å². The van der Waals surface area contributed by atoms with Crippen molar-refractivity contribution in [2.24, 2.45) is 0 Å². The van der Waals surface area contributed by atoms with Gasteiger partial charge >= 0.3 is 0 Å². The molecule has 0 aromatic heterocycles. The van der Waals surface area contributed by atoms with E-state index in [9.17, 15) is 22.0 Å². The SMILES string of the molecule is CN1CCN(C(=O)CN2CCN(S(=O)(=O)c3ccc(F)cc3F)CC2)CC1. The van der Waals surface area contributed by atoms with Gasteiger partial charge < -0.3 is 9.80 Å². The van der Waals surface area contributed by atoms with Gasteiger partial charge in [0.2, 0.25) is 15.9 Å². The molecule has 1 aromatic rings. The Hall–Kier alpha value is -1.62. The summed E-state index contributed by atoms with van der Waals surface area (Å²) < 4.78 is 53.3. The van der Waals surface area contributed by atoms with Gasteiger partial charge in [-0.15, -0.1) is 0 Å². The third-order valence-corrected chi connectivity index (χ3v) is 6.99. The highest BCUT2D eigenvalue weighted by Crippen LogP contribution is 2.21. The molecule has 27 heavy (non-hydrogen) atoms. The summed E-state index contributed by atoms with van der Waals surface area (Å²) in [7, 11) is -2.00. The number of piperazine rings is 2. The van der Waals surface area contributed by atoms with Crippen molar-refractivity contribution in [2.75, 3.05) is 66.0 Å². The van der Waals surface area contributed by atoms with Gasteiger partial charge in [-0.2, -0.15) is 4.31 Å². The Morgan fingerprint density at radius 1 is 1.00 bits per heavy atom. The van der Waals surface area contributed by atoms with Crippen molar-refractivity contribution >= 4 is 15.9 Å². The Labute approximate surface area is 158 Å². The van der Waals surface area contributed by atoms with Gasteiger partial charge in [0.1, 0.15) is 16.5 Å². The molecular weight excluding hydrogens is 378 g/mol. The Morgan fingerprint density at radius 2 is 1.63 bits per heavy atom. The highest BCUT2D eigenvalue weighted by Gasteiger charge is 2.32. The van der Waals surface area contributed by atoms with Gasteiger partial charge in [0.25, 0.3) is 0 Å². The number of nitrogens with zero attached hydrogens (tertiary/aromatic N) is 4. The topological polar surface area (TPSA) is 64.2 Å². The Balaban J connectivity index is 1.56. The summed E-state index contributed by atoms with van der Waals surface area (Å²) in [6, 6.07) is 2.45. The minimum absolute atomic E-state index is 0.0454. The maximum absolute atomic E-state index is 13.9. The number of benzene rings is 1. The second-order valence-electron chi connectivity index (χ2n) is 6.94. The highest BCUT2D eigenvalue weighted by molar-refractivity contribution is 7.89. The molecule has 1 amide bonds. The number of hydrogen-bond donors (Lipinski definition) is 0. The molecule has 7 nitrogen and oxygen atoms in total. The lowest BCUT2D eigenvalue weighted by Gasteiger charge is -2.36. The van der Waals surface area contributed by atoms with E-state index in [1.807, 2.05) is 16.8 Å². The number of amides is 1. The van der Waals surface area contributed by atoms with Crippen LogP contribution >= 0.6 is 0 Å². The molecule has 0 unspecified atom stereocenters. The molecule has 0 N–H and O–H groups in total. The van der Waals surface area contributed by atoms with E-state index < -0.39 is 26.6 Å². The van der Waals surface area contributed by atoms with Crippen molar-refractivity contribution in [1.82, 2.24) is 19.0 Å². The van der Waals surface area contributed by atoms with Crippen LogP contribution in [0.1, 0.15) is 0 Å². The molecule has 0 aliphatic carbocycles. The summed E-state index contributed by atoms with van der Waals surface area (Å²) >= 11 is 0. The second-order valence-corrected chi connectivity index (χ2v) is 8.85. The van der Waals surface area contributed by atoms with Crippen molar-refractivity contribution in [1.29, 1.82) is 0 Å². The van der Waals surface area contributed by atoms with Crippen molar-refractivity contribution in [3.8, 4) is 0 Å². The molecule has 2 aliphatic heterocycles. The fraction of sp³-hybridized carbons (Fsp3) is 0.588. The first kappa shape index (κ1) is 20.1. The van der Waals surface area contributed by atoms with Gasteiger partial charge in [-0.1, -0.05) is 0 Å². The Kier molecular flexibility index (Phi) is 6.09. The predicted octanol–water partition coefficient (Wildman–Crippen LogP) is 0.0451. The number of hydrogen-bond acceptors (Lipinski definition) is 5. The largest absolute Gasteiger partial charge is 0.339 e. The van der Waals surface area contributed by atoms with Crippen LogP contribution in [0.3, 0.4) is 0 Å². The molecule has 2 aliphatic rings. The molecular formula is C17H24F2N4O3S. The zero-order valence-electron chi connectivity index (χ0n) is 15.3. The van der Waals surface area contributed by atoms with Crippen LogP contribution in [0.4, 0.5) is 8.78 Å². The highest BCUT2D eigenvalue weighted by atomic mass is 32.2. The molecule has 0 atom stereocenters. The van der Waals surface area contributed by atoms with Crippen LogP contribution in [0.15, 0.2) is 23.1 Å². The summed E-state index contributed by atoms with van der Waals surface area (Å²) in [6.45, 7) is 4.46. The van der Waals surface area contributed by atoms with Crippen molar-refractivity contribution in [3.05, 3.63) is 29.8 Å². The molecule has 10 heteroatoms. The van der Waals surface area contributed by atoms with Crippen molar-refractivity contribution in [2.45, 2.75) is 4.90 Å². The zero-order chi connectivity index (χ0) is 19.6. The molecule has 2 saturated heterocycles. The molecule has 3 rings (SSSR count). The van der Waals surface area contributed by atoms with Crippen molar-refractivity contribution < 1.29 is 22.0 Å². The van der Waals surface area contributed by atoms with Gasteiger partial charge in [-0.3, -0.25) is 9.69 Å². The lowest BCUT2D eigenvalue weighted by atomic mass is 10.3. The smallest absolute Gasteiger partial charge is 0.246 e. The molecule has 0 bridgehead atoms. The monoisotopic (exact) mass is 402 g/mol. The van der Waals surface area contributed by atoms with Gasteiger partial charge in [0, 0.05) is 58.4 Å². The third kappa shape index (κ3) is 4.63. The first-order valence-corrected chi connectivity index (χ1v) is 10.4. The van der Waals surface area contributed by atoms with Crippen LogP contribution in [0.25, 0.3) is 0 Å². The first-order chi connectivity index (χ1) is 12.8. The van der Waals surface area contributed by atoms with E-state index in [0.29, 0.717) is 32.2 Å². The van der Waals surface area contributed by atoms with Gasteiger partial charge in [0.05, 0.1) is 6.54 Å². The predicted molar refractivity (Wildman–Crippen MR) is 95.6 cm³/mol. The second kappa shape index (κ2) is 8.17. The van der Waals surface area contributed by atoms with E-state index in [0.717, 1.165) is 25.2 Å². The fourth-order valence-corrected chi connectivity index (χ4v) is 4.77. The number of carbonyl (C=O) groups excluding carboxylic acids is 1. The van der Waals surface area contributed by atoms with Crippen LogP contribution in [0, 0.1) is 11.6 Å². The van der Waals surface area contributed by atoms with Gasteiger partial charge in [-0.25, -0.2) is 17.2 Å². The average Bonchev–Trinajstić information content (AvgIpc) is 2.62. The third-order valence-electron chi connectivity index (χ3n) is 5.06. The van der Waals surface area contributed by atoms with E-state index >= 15 is 0 Å². The van der Waals surface area contributed by atoms with Gasteiger partial charge in [-0.05, 0) is 19.2 Å². The Morgan fingerprint density at radius 3 is 2.22 bits per heavy atom. The van der Waals surface area contributed by atoms with E-state index in [1.54, 1.807) is 0 Å². The summed E-state index contributed by atoms with van der Waals surface area (Å²) in [6.07, 6.45) is 0. The van der Waals surface area contributed by atoms with E-state index in [4.69, 9.17) is 0 Å². The lowest BCUT2D eigenvalue weighted by Crippen LogP contribution is -2.54. The molecule has 150 valence electrons. The number of likely N-dealkylation sites (N-methyl/N-ethyl adjacent to an activating group) is 1. The Bertz CT molecular complexity index is 789. The summed E-state index contributed by atoms with van der Waals surface area (Å²) in [5.41, 5.74) is 0. The van der Waals surface area contributed by atoms with E-state index in [-0.39, 0.29) is 25.5 Å². The zero-order valence-corrected chi connectivity index (χ0v) is 16.1. The molecule has 0 saturated carbocycles. The minimum atomic E-state index is -4.02. The summed E-state index contributed by atoms with van der Waals surface area (Å²) in [5.74, 6) is -1.87. The van der Waals surface area contributed by atoms with Crippen LogP contribution in [-0.4, -0.2) is 99.3 Å². The molecule has 2 fully saturated rings. The van der Waals surface area contributed by atoms with Gasteiger partial charge in [0.15, 0.2) is 0 Å². The van der Waals surface area contributed by atoms with Crippen LogP contribution in [0.2, 0.25) is 0 Å². The van der Waals surface area contributed by atoms with Crippen LogP contribution in [-0.2, 0) is 14.8 Å². The molecule has 1 aromatic carbocycles. The van der Waals surface area contributed by atoms with E-state index in [1.165, 1.54) is 4.31 Å². The van der Waals surface area contributed by atoms with Crippen LogP contribution < -0.4 is 0 Å². The van der Waals surface area contributed by atoms with Crippen molar-refractivity contribution in [3.63, 3.8) is 0 Å². The fourth-order valence-electron chi connectivity index (χ4n) is 3.30. The molecule has 2 heterocycles. The van der Waals surface area contributed by atoms with Crippen LogP contribution in [0.5, 0.6) is 0 Å². The number of carbonyl (C=O) groups is 1. The molecule has 0 radical (unpaired) electrons. The normalized spacial score (nSPS) is 20.8. The molecule has 0 spiro atoms.